The third-order valence-corrected chi connectivity index (χ3v) is 2.32. The van der Waals surface area contributed by atoms with Gasteiger partial charge in [-0.2, -0.15) is 0 Å². The van der Waals surface area contributed by atoms with E-state index >= 15 is 0 Å². The Morgan fingerprint density at radius 3 is 1.83 bits per heavy atom. The Hall–Kier alpha value is -0.0800. The van der Waals surface area contributed by atoms with E-state index in [1.807, 2.05) is 6.92 Å². The van der Waals surface area contributed by atoms with Gasteiger partial charge in [-0.15, -0.1) is 0 Å². The molecule has 0 saturated carbocycles. The Morgan fingerprint density at radius 2 is 1.50 bits per heavy atom. The van der Waals surface area contributed by atoms with E-state index in [1.54, 1.807) is 6.92 Å². The lowest BCUT2D eigenvalue weighted by Gasteiger charge is -2.24. The summed E-state index contributed by atoms with van der Waals surface area (Å²) in [6, 6.07) is 0. The molecule has 2 heteroatoms. The van der Waals surface area contributed by atoms with Crippen LogP contribution in [0.4, 0.5) is 0 Å². The largest absolute Gasteiger partial charge is 0.393 e. The molecule has 0 spiro atoms. The van der Waals surface area contributed by atoms with Gasteiger partial charge in [-0.25, -0.2) is 0 Å². The molecule has 0 heterocycles. The molecule has 0 rings (SSSR count). The number of rotatable bonds is 6. The van der Waals surface area contributed by atoms with E-state index in [4.69, 9.17) is 0 Å². The van der Waals surface area contributed by atoms with Crippen molar-refractivity contribution in [2.45, 2.75) is 58.7 Å². The molecule has 0 radical (unpaired) electrons. The summed E-state index contributed by atoms with van der Waals surface area (Å²) in [4.78, 5) is 0. The van der Waals surface area contributed by atoms with Crippen LogP contribution in [0.15, 0.2) is 0 Å². The first-order valence-corrected chi connectivity index (χ1v) is 4.99. The Bertz CT molecular complexity index is 102. The molecule has 0 aliphatic heterocycles. The van der Waals surface area contributed by atoms with Gasteiger partial charge in [-0.1, -0.05) is 26.7 Å². The zero-order valence-electron chi connectivity index (χ0n) is 8.45. The fourth-order valence-corrected chi connectivity index (χ4v) is 1.60. The molecule has 2 nitrogen and oxygen atoms in total. The summed E-state index contributed by atoms with van der Waals surface area (Å²) < 4.78 is 0. The normalized spacial score (nSPS) is 18.8. The lowest BCUT2D eigenvalue weighted by Crippen LogP contribution is -2.29. The lowest BCUT2D eigenvalue weighted by molar-refractivity contribution is 0.0123. The Balaban J connectivity index is 3.90. The first kappa shape index (κ1) is 11.9. The van der Waals surface area contributed by atoms with Gasteiger partial charge in [0.05, 0.1) is 12.2 Å². The Kier molecular flexibility index (Phi) is 6.39. The van der Waals surface area contributed by atoms with Crippen LogP contribution in [0.25, 0.3) is 0 Å². The predicted molar refractivity (Wildman–Crippen MR) is 51.0 cm³/mol. The van der Waals surface area contributed by atoms with E-state index in [2.05, 4.69) is 6.92 Å². The summed E-state index contributed by atoms with van der Waals surface area (Å²) in [7, 11) is 0. The molecule has 12 heavy (non-hydrogen) atoms. The van der Waals surface area contributed by atoms with Crippen LogP contribution in [0.3, 0.4) is 0 Å². The molecule has 0 aliphatic rings. The second kappa shape index (κ2) is 6.44. The minimum atomic E-state index is -0.383. The van der Waals surface area contributed by atoms with Crippen molar-refractivity contribution in [3.63, 3.8) is 0 Å². The third-order valence-electron chi connectivity index (χ3n) is 2.32. The number of hydrogen-bond donors (Lipinski definition) is 2. The highest BCUT2D eigenvalue weighted by Crippen LogP contribution is 2.19. The van der Waals surface area contributed by atoms with Crippen molar-refractivity contribution < 1.29 is 10.2 Å². The van der Waals surface area contributed by atoms with Crippen molar-refractivity contribution in [3.8, 4) is 0 Å². The van der Waals surface area contributed by atoms with Crippen molar-refractivity contribution in [2.75, 3.05) is 0 Å². The molecule has 0 aromatic rings. The van der Waals surface area contributed by atoms with Crippen molar-refractivity contribution >= 4 is 0 Å². The molecule has 0 unspecified atom stereocenters. The standard InChI is InChI=1S/C10H22O2/c1-4-6-9(8(3)11)10(12)7-5-2/h8-12H,4-7H2,1-3H3/t8-,9-,10-/m1/s1. The summed E-state index contributed by atoms with van der Waals surface area (Å²) >= 11 is 0. The van der Waals surface area contributed by atoms with Gasteiger partial charge in [-0.05, 0) is 19.8 Å². The molecule has 0 aliphatic carbocycles. The van der Waals surface area contributed by atoms with Crippen LogP contribution in [-0.4, -0.2) is 22.4 Å². The van der Waals surface area contributed by atoms with E-state index in [-0.39, 0.29) is 18.1 Å². The molecule has 2 N–H and O–H groups in total. The van der Waals surface area contributed by atoms with Crippen molar-refractivity contribution in [2.24, 2.45) is 5.92 Å². The zero-order valence-corrected chi connectivity index (χ0v) is 8.45. The molecule has 0 aromatic carbocycles. The molecule has 0 bridgehead atoms. The van der Waals surface area contributed by atoms with Gasteiger partial charge in [-0.3, -0.25) is 0 Å². The highest BCUT2D eigenvalue weighted by Gasteiger charge is 2.21. The van der Waals surface area contributed by atoms with Crippen LogP contribution in [0.2, 0.25) is 0 Å². The summed E-state index contributed by atoms with van der Waals surface area (Å²) in [5.74, 6) is 0.0648. The maximum atomic E-state index is 9.65. The van der Waals surface area contributed by atoms with E-state index in [9.17, 15) is 10.2 Å². The van der Waals surface area contributed by atoms with E-state index in [0.29, 0.717) is 0 Å². The number of aliphatic hydroxyl groups excluding tert-OH is 2. The van der Waals surface area contributed by atoms with Gasteiger partial charge in [0.25, 0.3) is 0 Å². The summed E-state index contributed by atoms with van der Waals surface area (Å²) in [6.07, 6.45) is 3.01. The van der Waals surface area contributed by atoms with Crippen LogP contribution in [-0.2, 0) is 0 Å². The first-order chi connectivity index (χ1) is 5.63. The minimum absolute atomic E-state index is 0.0648. The van der Waals surface area contributed by atoms with E-state index in [0.717, 1.165) is 25.7 Å². The minimum Gasteiger partial charge on any atom is -0.393 e. The molecule has 0 fully saturated rings. The maximum Gasteiger partial charge on any atom is 0.0592 e. The highest BCUT2D eigenvalue weighted by atomic mass is 16.3. The van der Waals surface area contributed by atoms with Gasteiger partial charge >= 0.3 is 0 Å². The maximum absolute atomic E-state index is 9.65. The SMILES string of the molecule is CCC[C@@H]([C@H](O)CCC)[C@@H](C)O. The van der Waals surface area contributed by atoms with Crippen molar-refractivity contribution in [1.82, 2.24) is 0 Å². The fraction of sp³-hybridized carbons (Fsp3) is 1.00. The summed E-state index contributed by atoms with van der Waals surface area (Å²) in [5.41, 5.74) is 0. The van der Waals surface area contributed by atoms with Crippen LogP contribution in [0.5, 0.6) is 0 Å². The molecule has 0 saturated heterocycles. The molecule has 0 amide bonds. The fourth-order valence-electron chi connectivity index (χ4n) is 1.60. The molecule has 0 aromatic heterocycles. The van der Waals surface area contributed by atoms with Crippen molar-refractivity contribution in [1.29, 1.82) is 0 Å². The monoisotopic (exact) mass is 174 g/mol. The molecule has 3 atom stereocenters. The molecular weight excluding hydrogens is 152 g/mol. The van der Waals surface area contributed by atoms with Gasteiger partial charge in [0.2, 0.25) is 0 Å². The topological polar surface area (TPSA) is 40.5 Å². The Labute approximate surface area is 75.6 Å². The summed E-state index contributed by atoms with van der Waals surface area (Å²) in [5, 5.41) is 19.0. The van der Waals surface area contributed by atoms with Gasteiger partial charge in [0, 0.05) is 5.92 Å². The molecular formula is C10H22O2. The Morgan fingerprint density at radius 1 is 1.00 bits per heavy atom. The predicted octanol–water partition coefficient (Wildman–Crippen LogP) is 1.94. The third kappa shape index (κ3) is 4.07. The average molecular weight is 174 g/mol. The number of aliphatic hydroxyl groups is 2. The average Bonchev–Trinajstić information content (AvgIpc) is 1.99. The second-order valence-corrected chi connectivity index (χ2v) is 3.55. The van der Waals surface area contributed by atoms with Gasteiger partial charge in [0.1, 0.15) is 0 Å². The van der Waals surface area contributed by atoms with Crippen LogP contribution >= 0.6 is 0 Å². The second-order valence-electron chi connectivity index (χ2n) is 3.55. The zero-order chi connectivity index (χ0) is 9.56. The quantitative estimate of drug-likeness (QED) is 0.646. The molecule has 74 valence electrons. The highest BCUT2D eigenvalue weighted by molar-refractivity contribution is 4.72. The number of hydrogen-bond acceptors (Lipinski definition) is 2. The summed E-state index contributed by atoms with van der Waals surface area (Å²) in [6.45, 7) is 5.89. The van der Waals surface area contributed by atoms with Crippen LogP contribution in [0, 0.1) is 5.92 Å². The smallest absolute Gasteiger partial charge is 0.0592 e. The van der Waals surface area contributed by atoms with Crippen LogP contribution < -0.4 is 0 Å². The van der Waals surface area contributed by atoms with Crippen molar-refractivity contribution in [3.05, 3.63) is 0 Å². The van der Waals surface area contributed by atoms with E-state index in [1.165, 1.54) is 0 Å². The lowest BCUT2D eigenvalue weighted by atomic mass is 9.90. The van der Waals surface area contributed by atoms with Crippen LogP contribution in [0.1, 0.15) is 46.5 Å². The van der Waals surface area contributed by atoms with Gasteiger partial charge < -0.3 is 10.2 Å². The van der Waals surface area contributed by atoms with Gasteiger partial charge in [0.15, 0.2) is 0 Å². The first-order valence-electron chi connectivity index (χ1n) is 4.99. The van der Waals surface area contributed by atoms with E-state index < -0.39 is 0 Å².